The van der Waals surface area contributed by atoms with Gasteiger partial charge < -0.3 is 5.11 Å². The summed E-state index contributed by atoms with van der Waals surface area (Å²) >= 11 is 0. The molecule has 0 spiro atoms. The van der Waals surface area contributed by atoms with E-state index in [0.717, 1.165) is 35.5 Å². The molecule has 138 valence electrons. The second-order valence-corrected chi connectivity index (χ2v) is 10.9. The molecule has 9 unspecified atom stereocenters. The molecule has 0 saturated heterocycles. The van der Waals surface area contributed by atoms with E-state index in [0.29, 0.717) is 23.4 Å². The van der Waals surface area contributed by atoms with Crippen LogP contribution < -0.4 is 0 Å². The fourth-order valence-corrected chi connectivity index (χ4v) is 8.58. The van der Waals surface area contributed by atoms with Crippen LogP contribution in [0.1, 0.15) is 85.5 Å². The first-order valence-electron chi connectivity index (χ1n) is 11.0. The molecule has 0 aromatic rings. The molecule has 4 aliphatic carbocycles. The maximum atomic E-state index is 9.75. The average Bonchev–Trinajstić information content (AvgIpc) is 2.92. The summed E-state index contributed by atoms with van der Waals surface area (Å²) in [6.45, 7) is 10.5. The molecule has 4 rings (SSSR count). The summed E-state index contributed by atoms with van der Waals surface area (Å²) in [6, 6.07) is 0. The average molecular weight is 333 g/mol. The number of rotatable bonds is 2. The molecular formula is C23H40O. The second kappa shape index (κ2) is 6.00. The van der Waals surface area contributed by atoms with Crippen LogP contribution in [0.25, 0.3) is 0 Å². The maximum absolute atomic E-state index is 9.75. The largest absolute Gasteiger partial charge is 0.396 e. The highest BCUT2D eigenvalue weighted by Crippen LogP contribution is 2.68. The predicted octanol–water partition coefficient (Wildman–Crippen LogP) is 5.91. The molecule has 0 aromatic carbocycles. The lowest BCUT2D eigenvalue weighted by Crippen LogP contribution is -2.53. The van der Waals surface area contributed by atoms with Crippen molar-refractivity contribution in [1.29, 1.82) is 0 Å². The predicted molar refractivity (Wildman–Crippen MR) is 101 cm³/mol. The van der Waals surface area contributed by atoms with Gasteiger partial charge in [0.25, 0.3) is 0 Å². The first-order valence-corrected chi connectivity index (χ1v) is 11.0. The standard InChI is InChI=1S/C23H40O/c1-15-9-11-22(3)17(13-15)5-6-18-20-8-7-19(16(2)14-24)23(20,4)12-10-21(18)22/h15-21,24H,5-14H2,1-4H3. The molecule has 1 nitrogen and oxygen atoms in total. The normalized spacial score (nSPS) is 55.4. The third kappa shape index (κ3) is 2.36. The maximum Gasteiger partial charge on any atom is 0.0459 e. The molecule has 9 atom stereocenters. The molecule has 0 aromatic heterocycles. The number of fused-ring (bicyclic) bond motifs is 5. The molecule has 0 amide bonds. The minimum Gasteiger partial charge on any atom is -0.396 e. The molecule has 1 heteroatoms. The Labute approximate surface area is 150 Å². The van der Waals surface area contributed by atoms with Crippen molar-refractivity contribution in [2.75, 3.05) is 6.61 Å². The van der Waals surface area contributed by atoms with Gasteiger partial charge >= 0.3 is 0 Å². The van der Waals surface area contributed by atoms with Gasteiger partial charge in [0, 0.05) is 6.61 Å². The molecule has 0 aliphatic heterocycles. The highest BCUT2D eigenvalue weighted by molar-refractivity contribution is 5.09. The van der Waals surface area contributed by atoms with Crippen molar-refractivity contribution in [3.05, 3.63) is 0 Å². The van der Waals surface area contributed by atoms with E-state index in [1.165, 1.54) is 57.8 Å². The van der Waals surface area contributed by atoms with E-state index in [9.17, 15) is 5.11 Å². The van der Waals surface area contributed by atoms with Crippen molar-refractivity contribution in [1.82, 2.24) is 0 Å². The van der Waals surface area contributed by atoms with Crippen molar-refractivity contribution in [2.24, 2.45) is 52.3 Å². The quantitative estimate of drug-likeness (QED) is 0.666. The van der Waals surface area contributed by atoms with E-state index in [1.54, 1.807) is 0 Å². The van der Waals surface area contributed by atoms with Gasteiger partial charge in [0.1, 0.15) is 0 Å². The van der Waals surface area contributed by atoms with E-state index >= 15 is 0 Å². The van der Waals surface area contributed by atoms with Gasteiger partial charge in [0.05, 0.1) is 0 Å². The smallest absolute Gasteiger partial charge is 0.0459 e. The zero-order valence-electron chi connectivity index (χ0n) is 16.6. The summed E-state index contributed by atoms with van der Waals surface area (Å²) in [7, 11) is 0. The van der Waals surface area contributed by atoms with Crippen LogP contribution >= 0.6 is 0 Å². The minimum atomic E-state index is 0.388. The Balaban J connectivity index is 1.59. The minimum absolute atomic E-state index is 0.388. The Bertz CT molecular complexity index is 473. The van der Waals surface area contributed by atoms with Crippen LogP contribution in [0.5, 0.6) is 0 Å². The molecule has 0 bridgehead atoms. The van der Waals surface area contributed by atoms with Gasteiger partial charge in [-0.2, -0.15) is 0 Å². The Hall–Kier alpha value is -0.0400. The number of hydrogen-bond acceptors (Lipinski definition) is 1. The summed E-state index contributed by atoms with van der Waals surface area (Å²) in [5.41, 5.74) is 1.17. The lowest BCUT2D eigenvalue weighted by Gasteiger charge is -2.61. The fraction of sp³-hybridized carbons (Fsp3) is 1.00. The first-order chi connectivity index (χ1) is 11.4. The monoisotopic (exact) mass is 332 g/mol. The molecule has 24 heavy (non-hydrogen) atoms. The summed E-state index contributed by atoms with van der Waals surface area (Å²) in [4.78, 5) is 0. The van der Waals surface area contributed by atoms with Crippen LogP contribution in [0.15, 0.2) is 0 Å². The van der Waals surface area contributed by atoms with Crippen molar-refractivity contribution in [3.8, 4) is 0 Å². The van der Waals surface area contributed by atoms with Crippen LogP contribution in [0, 0.1) is 52.3 Å². The third-order valence-electron chi connectivity index (χ3n) is 9.98. The summed E-state index contributed by atoms with van der Waals surface area (Å²) in [6.07, 6.45) is 13.2. The van der Waals surface area contributed by atoms with Crippen molar-refractivity contribution >= 4 is 0 Å². The van der Waals surface area contributed by atoms with Crippen molar-refractivity contribution in [3.63, 3.8) is 0 Å². The second-order valence-electron chi connectivity index (χ2n) is 10.9. The van der Waals surface area contributed by atoms with Gasteiger partial charge in [-0.15, -0.1) is 0 Å². The Morgan fingerprint density at radius 1 is 0.917 bits per heavy atom. The van der Waals surface area contributed by atoms with Gasteiger partial charge in [0.15, 0.2) is 0 Å². The van der Waals surface area contributed by atoms with Crippen LogP contribution in [-0.2, 0) is 0 Å². The van der Waals surface area contributed by atoms with E-state index in [4.69, 9.17) is 0 Å². The molecular weight excluding hydrogens is 292 g/mol. The van der Waals surface area contributed by atoms with E-state index in [2.05, 4.69) is 27.7 Å². The van der Waals surface area contributed by atoms with Crippen molar-refractivity contribution in [2.45, 2.75) is 85.5 Å². The van der Waals surface area contributed by atoms with Gasteiger partial charge in [-0.3, -0.25) is 0 Å². The molecule has 0 radical (unpaired) electrons. The zero-order valence-corrected chi connectivity index (χ0v) is 16.6. The number of aliphatic hydroxyl groups excluding tert-OH is 1. The lowest BCUT2D eigenvalue weighted by molar-refractivity contribution is -0.121. The highest BCUT2D eigenvalue weighted by Gasteiger charge is 2.60. The summed E-state index contributed by atoms with van der Waals surface area (Å²) in [5.74, 6) is 6.20. The Kier molecular flexibility index (Phi) is 4.34. The Morgan fingerprint density at radius 2 is 1.62 bits per heavy atom. The fourth-order valence-electron chi connectivity index (χ4n) is 8.58. The van der Waals surface area contributed by atoms with Crippen LogP contribution in [0.2, 0.25) is 0 Å². The van der Waals surface area contributed by atoms with E-state index in [1.807, 2.05) is 0 Å². The topological polar surface area (TPSA) is 20.2 Å². The van der Waals surface area contributed by atoms with Crippen LogP contribution in [0.3, 0.4) is 0 Å². The number of hydrogen-bond donors (Lipinski definition) is 1. The van der Waals surface area contributed by atoms with Gasteiger partial charge in [0.2, 0.25) is 0 Å². The van der Waals surface area contributed by atoms with Gasteiger partial charge in [-0.1, -0.05) is 34.1 Å². The zero-order chi connectivity index (χ0) is 17.1. The lowest BCUT2D eigenvalue weighted by atomic mass is 9.44. The molecule has 1 N–H and O–H groups in total. The third-order valence-corrected chi connectivity index (χ3v) is 9.98. The Morgan fingerprint density at radius 3 is 2.38 bits per heavy atom. The van der Waals surface area contributed by atoms with Gasteiger partial charge in [-0.25, -0.2) is 0 Å². The first kappa shape index (κ1) is 17.4. The molecule has 0 heterocycles. The molecule has 4 saturated carbocycles. The number of aliphatic hydroxyl groups is 1. The van der Waals surface area contributed by atoms with Gasteiger partial charge in [-0.05, 0) is 104 Å². The highest BCUT2D eigenvalue weighted by atomic mass is 16.3. The molecule has 4 fully saturated rings. The summed E-state index contributed by atoms with van der Waals surface area (Å²) in [5, 5.41) is 9.75. The van der Waals surface area contributed by atoms with Crippen LogP contribution in [-0.4, -0.2) is 11.7 Å². The van der Waals surface area contributed by atoms with E-state index in [-0.39, 0.29) is 0 Å². The summed E-state index contributed by atoms with van der Waals surface area (Å²) < 4.78 is 0. The van der Waals surface area contributed by atoms with Crippen LogP contribution in [0.4, 0.5) is 0 Å². The SMILES string of the molecule is CC1CCC2(C)C(CCC3C2CCC2(C)C(C(C)CO)CCC32)C1. The van der Waals surface area contributed by atoms with E-state index < -0.39 is 0 Å². The molecule has 4 aliphatic rings. The van der Waals surface area contributed by atoms with Crippen molar-refractivity contribution < 1.29 is 5.11 Å².